The summed E-state index contributed by atoms with van der Waals surface area (Å²) in [7, 11) is 13.2. The molecule has 9 nitrogen and oxygen atoms in total. The Kier molecular flexibility index (Phi) is 30.8. The van der Waals surface area contributed by atoms with Crippen LogP contribution in [0.4, 0.5) is 0 Å². The van der Waals surface area contributed by atoms with Crippen molar-refractivity contribution >= 4 is 0 Å². The molecule has 0 radical (unpaired) electrons. The van der Waals surface area contributed by atoms with Crippen LogP contribution in [0.25, 0.3) is 0 Å². The van der Waals surface area contributed by atoms with Crippen LogP contribution < -0.4 is 0 Å². The van der Waals surface area contributed by atoms with Crippen LogP contribution in [0, 0.1) is 0 Å². The van der Waals surface area contributed by atoms with Gasteiger partial charge in [0.2, 0.25) is 0 Å². The van der Waals surface area contributed by atoms with Crippen LogP contribution in [0.5, 0.6) is 0 Å². The normalized spacial score (nSPS) is 21.6. The number of rotatable bonds is 0. The first-order chi connectivity index (χ1) is 12.8. The summed E-state index contributed by atoms with van der Waals surface area (Å²) in [6.45, 7) is 13.6. The number of hydrogen-bond donors (Lipinski definition) is 2. The van der Waals surface area contributed by atoms with E-state index in [0.717, 1.165) is 0 Å². The molecule has 0 unspecified atom stereocenters. The predicted molar refractivity (Wildman–Crippen MR) is 118 cm³/mol. The Morgan fingerprint density at radius 2 is 0.467 bits per heavy atom. The van der Waals surface area contributed by atoms with Crippen molar-refractivity contribution in [3.63, 3.8) is 0 Å². The Morgan fingerprint density at radius 1 is 0.400 bits per heavy atom. The van der Waals surface area contributed by atoms with Crippen LogP contribution in [-0.2, 0) is 34.1 Å². The van der Waals surface area contributed by atoms with E-state index in [-0.39, 0.29) is 39.6 Å². The summed E-state index contributed by atoms with van der Waals surface area (Å²) >= 11 is 0. The number of nitrogens with zero attached hydrogens (tertiary/aromatic N) is 6. The van der Waals surface area contributed by atoms with Crippen molar-refractivity contribution in [2.24, 2.45) is 0 Å². The third-order valence-electron chi connectivity index (χ3n) is 5.18. The van der Waals surface area contributed by atoms with Gasteiger partial charge in [-0.15, -0.1) is 0 Å². The van der Waals surface area contributed by atoms with Gasteiger partial charge >= 0.3 is 34.1 Å². The second-order valence-corrected chi connectivity index (χ2v) is 7.96. The van der Waals surface area contributed by atoms with Gasteiger partial charge in [0.05, 0.1) is 0 Å². The van der Waals surface area contributed by atoms with Crippen LogP contribution in [0.3, 0.4) is 0 Å². The number of hydrogen-bond acceptors (Lipinski definition) is 8. The minimum atomic E-state index is -0.750. The van der Waals surface area contributed by atoms with E-state index in [9.17, 15) is 0 Å². The van der Waals surface area contributed by atoms with Crippen molar-refractivity contribution in [2.75, 3.05) is 128 Å². The smallest absolute Gasteiger partial charge is 0.412 e. The zero-order chi connectivity index (χ0) is 20.7. The summed E-state index contributed by atoms with van der Waals surface area (Å²) in [4.78, 5) is 14.4. The SMILES string of the molecule is CN1CCN(C)CCN(C)CC1.CN1CCN(C)CCN(C)CC1.O.OCO.[Mn+3].[Mn+3]. The molecule has 0 bridgehead atoms. The zero-order valence-corrected chi connectivity index (χ0v) is 22.4. The molecule has 0 atom stereocenters. The molecule has 11 heteroatoms. The van der Waals surface area contributed by atoms with Crippen molar-refractivity contribution in [1.29, 1.82) is 0 Å². The molecule has 2 aliphatic rings. The number of aliphatic hydroxyl groups excluding tert-OH is 1. The molecule has 30 heavy (non-hydrogen) atoms. The van der Waals surface area contributed by atoms with Crippen LogP contribution in [0.15, 0.2) is 0 Å². The summed E-state index contributed by atoms with van der Waals surface area (Å²) in [6, 6.07) is 0. The van der Waals surface area contributed by atoms with E-state index >= 15 is 0 Å². The largest absolute Gasteiger partial charge is 3.00 e. The molecule has 2 fully saturated rings. The first kappa shape index (κ1) is 38.0. The first-order valence-corrected chi connectivity index (χ1v) is 10.1. The predicted octanol–water partition coefficient (Wildman–Crippen LogP) is -2.31. The van der Waals surface area contributed by atoms with Crippen LogP contribution in [0.1, 0.15) is 0 Å². The van der Waals surface area contributed by atoms with Gasteiger partial charge in [-0.3, -0.25) is 0 Å². The number of aliphatic hydroxyl groups is 2. The standard InChI is InChI=1S/2C9H21N3.CH4O2.2Mn.H2O/c2*1-10-4-6-11(2)8-9-12(3)7-5-10;2-1-3;;;/h2*4-9H2,1-3H3;2-3H,1H2;;;1H2/q;;;2*+3;. The average Bonchev–Trinajstić information content (AvgIpc) is 2.75. The third-order valence-corrected chi connectivity index (χ3v) is 5.18. The van der Waals surface area contributed by atoms with E-state index in [4.69, 9.17) is 10.2 Å². The number of likely N-dealkylation sites (N-methyl/N-ethyl adjacent to an activating group) is 6. The molecule has 0 aromatic heterocycles. The van der Waals surface area contributed by atoms with E-state index < -0.39 is 6.79 Å². The van der Waals surface area contributed by atoms with E-state index in [1.807, 2.05) is 0 Å². The Hall–Kier alpha value is 0.679. The van der Waals surface area contributed by atoms with Crippen LogP contribution in [0.2, 0.25) is 0 Å². The fraction of sp³-hybridized carbons (Fsp3) is 1.00. The molecule has 0 aromatic rings. The average molecular weight is 519 g/mol. The topological polar surface area (TPSA) is 91.4 Å². The van der Waals surface area contributed by atoms with Crippen molar-refractivity contribution in [1.82, 2.24) is 29.4 Å². The van der Waals surface area contributed by atoms with Gasteiger partial charge in [0, 0.05) is 78.5 Å². The van der Waals surface area contributed by atoms with E-state index in [2.05, 4.69) is 71.7 Å². The van der Waals surface area contributed by atoms with Crippen LogP contribution in [-0.4, -0.2) is 173 Å². The third kappa shape index (κ3) is 23.3. The first-order valence-electron chi connectivity index (χ1n) is 10.1. The van der Waals surface area contributed by atoms with Gasteiger partial charge in [0.25, 0.3) is 0 Å². The van der Waals surface area contributed by atoms with Gasteiger partial charge in [-0.2, -0.15) is 0 Å². The zero-order valence-electron chi connectivity index (χ0n) is 20.0. The van der Waals surface area contributed by atoms with E-state index in [1.165, 1.54) is 78.5 Å². The van der Waals surface area contributed by atoms with Gasteiger partial charge in [-0.25, -0.2) is 0 Å². The molecule has 2 saturated heterocycles. The molecule has 4 N–H and O–H groups in total. The summed E-state index contributed by atoms with van der Waals surface area (Å²) in [5, 5.41) is 14.2. The maximum Gasteiger partial charge on any atom is 3.00 e. The second-order valence-electron chi connectivity index (χ2n) is 7.96. The molecule has 2 aliphatic heterocycles. The fourth-order valence-corrected chi connectivity index (χ4v) is 2.72. The molecular formula is C19H48Mn2N6O3+6. The molecule has 0 aliphatic carbocycles. The minimum absolute atomic E-state index is 0. The second kappa shape index (κ2) is 24.3. The van der Waals surface area contributed by atoms with Gasteiger partial charge in [-0.1, -0.05) is 0 Å². The molecule has 180 valence electrons. The Bertz CT molecular complexity index is 250. The van der Waals surface area contributed by atoms with Gasteiger partial charge in [0.1, 0.15) is 6.79 Å². The summed E-state index contributed by atoms with van der Waals surface area (Å²) in [6.07, 6.45) is 0. The molecule has 0 amide bonds. The Labute approximate surface area is 206 Å². The molecule has 0 aromatic carbocycles. The molecule has 2 rings (SSSR count). The summed E-state index contributed by atoms with van der Waals surface area (Å²) in [5.41, 5.74) is 0. The van der Waals surface area contributed by atoms with Gasteiger partial charge < -0.3 is 45.1 Å². The fourth-order valence-electron chi connectivity index (χ4n) is 2.72. The molecule has 2 heterocycles. The molecule has 0 saturated carbocycles. The van der Waals surface area contributed by atoms with E-state index in [1.54, 1.807) is 0 Å². The van der Waals surface area contributed by atoms with Crippen molar-refractivity contribution in [3.05, 3.63) is 0 Å². The maximum atomic E-state index is 7.12. The quantitative estimate of drug-likeness (QED) is 0.273. The summed E-state index contributed by atoms with van der Waals surface area (Å²) in [5.74, 6) is 0. The summed E-state index contributed by atoms with van der Waals surface area (Å²) < 4.78 is 0. The monoisotopic (exact) mass is 518 g/mol. The van der Waals surface area contributed by atoms with Crippen molar-refractivity contribution in [3.8, 4) is 0 Å². The van der Waals surface area contributed by atoms with E-state index in [0.29, 0.717) is 0 Å². The Balaban J connectivity index is -0.000000183. The maximum absolute atomic E-state index is 7.12. The van der Waals surface area contributed by atoms with Gasteiger partial charge in [0.15, 0.2) is 0 Å². The van der Waals surface area contributed by atoms with Gasteiger partial charge in [-0.05, 0) is 42.3 Å². The van der Waals surface area contributed by atoms with Crippen molar-refractivity contribution in [2.45, 2.75) is 0 Å². The minimum Gasteiger partial charge on any atom is -0.412 e. The van der Waals surface area contributed by atoms with Crippen molar-refractivity contribution < 1.29 is 49.8 Å². The van der Waals surface area contributed by atoms with Crippen LogP contribution >= 0.6 is 0 Å². The molecule has 0 spiro atoms. The Morgan fingerprint density at radius 3 is 0.533 bits per heavy atom. The molecular weight excluding hydrogens is 470 g/mol.